The van der Waals surface area contributed by atoms with E-state index in [0.717, 1.165) is 42.0 Å². The van der Waals surface area contributed by atoms with Crippen LogP contribution in [0.2, 0.25) is 0 Å². The number of hydrogen-bond acceptors (Lipinski definition) is 3. The van der Waals surface area contributed by atoms with E-state index in [9.17, 15) is 8.42 Å². The quantitative estimate of drug-likeness (QED) is 0.835. The van der Waals surface area contributed by atoms with Crippen molar-refractivity contribution in [3.05, 3.63) is 22.7 Å². The maximum absolute atomic E-state index is 11.8. The third-order valence-corrected chi connectivity index (χ3v) is 5.08. The molecule has 1 heterocycles. The van der Waals surface area contributed by atoms with Gasteiger partial charge in [0.05, 0.1) is 10.6 Å². The van der Waals surface area contributed by atoms with Crippen LogP contribution in [-0.2, 0) is 9.84 Å². The molecule has 0 spiro atoms. The first kappa shape index (κ1) is 13.9. The van der Waals surface area contributed by atoms with Crippen LogP contribution in [0.4, 0.5) is 5.69 Å². The highest BCUT2D eigenvalue weighted by Crippen LogP contribution is 2.31. The third kappa shape index (κ3) is 3.06. The molecule has 0 bridgehead atoms. The van der Waals surface area contributed by atoms with Crippen LogP contribution < -0.4 is 4.90 Å². The Morgan fingerprint density at radius 1 is 1.28 bits per heavy atom. The summed E-state index contributed by atoms with van der Waals surface area (Å²) < 4.78 is 24.6. The van der Waals surface area contributed by atoms with Crippen molar-refractivity contribution in [3.63, 3.8) is 0 Å². The van der Waals surface area contributed by atoms with Gasteiger partial charge in [-0.25, -0.2) is 8.42 Å². The Hall–Kier alpha value is -0.550. The van der Waals surface area contributed by atoms with Gasteiger partial charge in [-0.05, 0) is 37.0 Å². The Kier molecular flexibility index (Phi) is 4.02. The number of rotatable bonds is 2. The standard InChI is InChI=1S/C13H18BrNO2S/c1-10-5-7-15(8-6-10)12-9-11(14)3-4-13(12)18(2,16)17/h3-4,9-10H,5-8H2,1-2H3. The van der Waals surface area contributed by atoms with Gasteiger partial charge in [0.1, 0.15) is 0 Å². The second kappa shape index (κ2) is 5.21. The van der Waals surface area contributed by atoms with Crippen molar-refractivity contribution in [1.82, 2.24) is 0 Å². The molecule has 2 rings (SSSR count). The minimum atomic E-state index is -3.18. The fourth-order valence-corrected chi connectivity index (χ4v) is 3.53. The predicted molar refractivity (Wildman–Crippen MR) is 77.9 cm³/mol. The molecule has 1 aliphatic rings. The first-order valence-electron chi connectivity index (χ1n) is 6.12. The van der Waals surface area contributed by atoms with Gasteiger partial charge in [0.2, 0.25) is 0 Å². The number of hydrogen-bond donors (Lipinski definition) is 0. The molecule has 3 nitrogen and oxygen atoms in total. The monoisotopic (exact) mass is 331 g/mol. The molecular weight excluding hydrogens is 314 g/mol. The highest BCUT2D eigenvalue weighted by molar-refractivity contribution is 9.10. The van der Waals surface area contributed by atoms with Gasteiger partial charge in [-0.2, -0.15) is 0 Å². The lowest BCUT2D eigenvalue weighted by molar-refractivity contribution is 0.437. The van der Waals surface area contributed by atoms with Gasteiger partial charge >= 0.3 is 0 Å². The van der Waals surface area contributed by atoms with Gasteiger partial charge in [0, 0.05) is 23.8 Å². The Morgan fingerprint density at radius 2 is 1.89 bits per heavy atom. The lowest BCUT2D eigenvalue weighted by atomic mass is 9.99. The molecule has 0 saturated carbocycles. The second-order valence-corrected chi connectivity index (χ2v) is 7.95. The molecule has 100 valence electrons. The molecule has 0 radical (unpaired) electrons. The summed E-state index contributed by atoms with van der Waals surface area (Å²) in [5.74, 6) is 0.732. The van der Waals surface area contributed by atoms with E-state index in [1.807, 2.05) is 6.07 Å². The Labute approximate surface area is 117 Å². The van der Waals surface area contributed by atoms with Gasteiger partial charge in [-0.3, -0.25) is 0 Å². The molecule has 1 aromatic carbocycles. The normalized spacial score (nSPS) is 18.1. The van der Waals surface area contributed by atoms with Crippen molar-refractivity contribution in [2.45, 2.75) is 24.7 Å². The smallest absolute Gasteiger partial charge is 0.177 e. The molecule has 0 atom stereocenters. The van der Waals surface area contributed by atoms with Crippen molar-refractivity contribution in [2.24, 2.45) is 5.92 Å². The van der Waals surface area contributed by atoms with Crippen molar-refractivity contribution in [2.75, 3.05) is 24.2 Å². The van der Waals surface area contributed by atoms with Crippen LogP contribution in [0.5, 0.6) is 0 Å². The summed E-state index contributed by atoms with van der Waals surface area (Å²) in [5, 5.41) is 0. The zero-order valence-corrected chi connectivity index (χ0v) is 13.1. The van der Waals surface area contributed by atoms with E-state index in [4.69, 9.17) is 0 Å². The van der Waals surface area contributed by atoms with E-state index in [0.29, 0.717) is 4.90 Å². The Bertz CT molecular complexity index is 534. The molecule has 1 aromatic rings. The molecule has 0 unspecified atom stereocenters. The number of halogens is 1. The zero-order valence-electron chi connectivity index (χ0n) is 10.7. The van der Waals surface area contributed by atoms with E-state index in [-0.39, 0.29) is 0 Å². The van der Waals surface area contributed by atoms with Gasteiger partial charge in [0.15, 0.2) is 9.84 Å². The summed E-state index contributed by atoms with van der Waals surface area (Å²) in [6, 6.07) is 5.38. The average Bonchev–Trinajstić information content (AvgIpc) is 2.28. The number of anilines is 1. The maximum atomic E-state index is 11.8. The SMILES string of the molecule is CC1CCN(c2cc(Br)ccc2S(C)(=O)=O)CC1. The lowest BCUT2D eigenvalue weighted by Crippen LogP contribution is -2.33. The fraction of sp³-hybridized carbons (Fsp3) is 0.538. The van der Waals surface area contributed by atoms with Gasteiger partial charge < -0.3 is 4.90 Å². The van der Waals surface area contributed by atoms with Crippen LogP contribution in [0.15, 0.2) is 27.6 Å². The summed E-state index contributed by atoms with van der Waals surface area (Å²) in [6.45, 7) is 4.11. The largest absolute Gasteiger partial charge is 0.370 e. The molecule has 1 aliphatic heterocycles. The zero-order chi connectivity index (χ0) is 13.3. The molecule has 0 aromatic heterocycles. The predicted octanol–water partition coefficient (Wildman–Crippen LogP) is 3.09. The van der Waals surface area contributed by atoms with E-state index in [2.05, 4.69) is 27.8 Å². The number of benzene rings is 1. The van der Waals surface area contributed by atoms with Crippen molar-refractivity contribution >= 4 is 31.5 Å². The summed E-state index contributed by atoms with van der Waals surface area (Å²) in [6.07, 6.45) is 3.51. The first-order valence-corrected chi connectivity index (χ1v) is 8.81. The fourth-order valence-electron chi connectivity index (χ4n) is 2.30. The second-order valence-electron chi connectivity index (χ2n) is 5.05. The number of sulfone groups is 1. The van der Waals surface area contributed by atoms with Crippen LogP contribution in [0, 0.1) is 5.92 Å². The van der Waals surface area contributed by atoms with Crippen molar-refractivity contribution < 1.29 is 8.42 Å². The van der Waals surface area contributed by atoms with E-state index < -0.39 is 9.84 Å². The number of nitrogens with zero attached hydrogens (tertiary/aromatic N) is 1. The van der Waals surface area contributed by atoms with Crippen molar-refractivity contribution in [3.8, 4) is 0 Å². The van der Waals surface area contributed by atoms with Gasteiger partial charge in [-0.1, -0.05) is 22.9 Å². The Morgan fingerprint density at radius 3 is 2.44 bits per heavy atom. The van der Waals surface area contributed by atoms with Crippen LogP contribution in [0.25, 0.3) is 0 Å². The van der Waals surface area contributed by atoms with Gasteiger partial charge in [0.25, 0.3) is 0 Å². The summed E-state index contributed by atoms with van der Waals surface area (Å²) in [5.41, 5.74) is 0.832. The highest BCUT2D eigenvalue weighted by Gasteiger charge is 2.22. The molecule has 0 aliphatic carbocycles. The molecule has 0 N–H and O–H groups in total. The summed E-state index contributed by atoms with van der Waals surface area (Å²) in [4.78, 5) is 2.61. The van der Waals surface area contributed by atoms with E-state index in [1.165, 1.54) is 6.26 Å². The molecule has 18 heavy (non-hydrogen) atoms. The number of piperidine rings is 1. The van der Waals surface area contributed by atoms with Crippen LogP contribution in [-0.4, -0.2) is 27.8 Å². The van der Waals surface area contributed by atoms with Gasteiger partial charge in [-0.15, -0.1) is 0 Å². The third-order valence-electron chi connectivity index (χ3n) is 3.44. The van der Waals surface area contributed by atoms with Crippen LogP contribution in [0.1, 0.15) is 19.8 Å². The molecular formula is C13H18BrNO2S. The minimum absolute atomic E-state index is 0.431. The minimum Gasteiger partial charge on any atom is -0.370 e. The highest BCUT2D eigenvalue weighted by atomic mass is 79.9. The van der Waals surface area contributed by atoms with Crippen LogP contribution in [0.3, 0.4) is 0 Å². The summed E-state index contributed by atoms with van der Waals surface area (Å²) >= 11 is 3.42. The van der Waals surface area contributed by atoms with E-state index >= 15 is 0 Å². The molecule has 1 fully saturated rings. The van der Waals surface area contributed by atoms with Crippen LogP contribution >= 0.6 is 15.9 Å². The first-order chi connectivity index (χ1) is 8.38. The lowest BCUT2D eigenvalue weighted by Gasteiger charge is -2.33. The average molecular weight is 332 g/mol. The molecule has 0 amide bonds. The van der Waals surface area contributed by atoms with Crippen molar-refractivity contribution in [1.29, 1.82) is 0 Å². The topological polar surface area (TPSA) is 37.4 Å². The Balaban J connectivity index is 2.40. The molecule has 1 saturated heterocycles. The maximum Gasteiger partial charge on any atom is 0.177 e. The molecule has 5 heteroatoms. The summed E-state index contributed by atoms with van der Waals surface area (Å²) in [7, 11) is -3.18. The van der Waals surface area contributed by atoms with E-state index in [1.54, 1.807) is 12.1 Å².